The molecule has 0 fully saturated rings. The molecule has 0 amide bonds. The zero-order chi connectivity index (χ0) is 8.72. The molecule has 0 saturated heterocycles. The number of rotatable bonds is 0. The first-order valence-electron chi connectivity index (χ1n) is 3.28. The largest absolute Gasteiger partial charge is 0.506 e. The van der Waals surface area contributed by atoms with Crippen LogP contribution in [-0.2, 0) is 0 Å². The molecule has 12 heavy (non-hydrogen) atoms. The van der Waals surface area contributed by atoms with Crippen LogP contribution in [0.5, 0.6) is 11.5 Å². The highest BCUT2D eigenvalue weighted by Gasteiger charge is 2.08. The molecule has 0 spiro atoms. The van der Waals surface area contributed by atoms with Crippen molar-refractivity contribution in [3.8, 4) is 11.5 Å². The van der Waals surface area contributed by atoms with Gasteiger partial charge in [0.2, 0.25) is 0 Å². The predicted octanol–water partition coefficient (Wildman–Crippen LogP) is 2.92. The van der Waals surface area contributed by atoms with Crippen LogP contribution in [0, 0.1) is 3.57 Å². The molecule has 2 aromatic rings. The third-order valence-electron chi connectivity index (χ3n) is 1.65. The fourth-order valence-corrected chi connectivity index (χ4v) is 2.56. The van der Waals surface area contributed by atoms with Gasteiger partial charge < -0.3 is 10.2 Å². The lowest BCUT2D eigenvalue weighted by Crippen LogP contribution is -1.72. The fraction of sp³-hybridized carbons (Fsp3) is 0. The number of aromatic hydroxyl groups is 2. The minimum Gasteiger partial charge on any atom is -0.506 e. The van der Waals surface area contributed by atoms with E-state index < -0.39 is 0 Å². The minimum absolute atomic E-state index is 0.238. The van der Waals surface area contributed by atoms with E-state index in [0.29, 0.717) is 0 Å². The molecule has 62 valence electrons. The average Bonchev–Trinajstić information content (AvgIpc) is 2.41. The molecule has 2 N–H and O–H groups in total. The lowest BCUT2D eigenvalue weighted by molar-refractivity contribution is 0.476. The molecule has 0 aliphatic rings. The first-order chi connectivity index (χ1) is 5.70. The van der Waals surface area contributed by atoms with Crippen LogP contribution in [0.3, 0.4) is 0 Å². The van der Waals surface area contributed by atoms with Crippen molar-refractivity contribution in [1.82, 2.24) is 0 Å². The molecule has 1 aromatic carbocycles. The predicted molar refractivity (Wildman–Crippen MR) is 57.9 cm³/mol. The number of benzene rings is 1. The molecule has 0 aliphatic heterocycles. The van der Waals surface area contributed by atoms with Crippen molar-refractivity contribution in [2.24, 2.45) is 0 Å². The van der Waals surface area contributed by atoms with Crippen molar-refractivity contribution in [1.29, 1.82) is 0 Å². The minimum atomic E-state index is 0.238. The van der Waals surface area contributed by atoms with E-state index in [1.54, 1.807) is 11.4 Å². The van der Waals surface area contributed by atoms with Crippen LogP contribution < -0.4 is 0 Å². The summed E-state index contributed by atoms with van der Waals surface area (Å²) in [6, 6.07) is 3.59. The van der Waals surface area contributed by atoms with Gasteiger partial charge in [0.1, 0.15) is 11.5 Å². The Hall–Kier alpha value is -0.490. The summed E-state index contributed by atoms with van der Waals surface area (Å²) < 4.78 is 1.56. The Balaban J connectivity index is 2.93. The molecule has 0 atom stereocenters. The summed E-state index contributed by atoms with van der Waals surface area (Å²) in [6.07, 6.45) is 0. The van der Waals surface area contributed by atoms with Crippen molar-refractivity contribution in [3.05, 3.63) is 21.1 Å². The van der Waals surface area contributed by atoms with Gasteiger partial charge in [0, 0.05) is 10.8 Å². The molecule has 0 saturated carbocycles. The zero-order valence-corrected chi connectivity index (χ0v) is 8.89. The van der Waals surface area contributed by atoms with Crippen LogP contribution in [-0.4, -0.2) is 10.2 Å². The molecule has 2 nitrogen and oxygen atoms in total. The third-order valence-corrected chi connectivity index (χ3v) is 3.51. The Morgan fingerprint density at radius 3 is 2.75 bits per heavy atom. The van der Waals surface area contributed by atoms with Crippen molar-refractivity contribution in [2.45, 2.75) is 0 Å². The van der Waals surface area contributed by atoms with Crippen LogP contribution in [0.2, 0.25) is 0 Å². The lowest BCUT2D eigenvalue weighted by Gasteiger charge is -1.97. The van der Waals surface area contributed by atoms with Gasteiger partial charge in [-0.15, -0.1) is 11.3 Å². The van der Waals surface area contributed by atoms with Crippen LogP contribution in [0.15, 0.2) is 17.5 Å². The van der Waals surface area contributed by atoms with Gasteiger partial charge >= 0.3 is 0 Å². The van der Waals surface area contributed by atoms with Gasteiger partial charge in [0.25, 0.3) is 0 Å². The number of fused-ring (bicyclic) bond motifs is 1. The Labute approximate surface area is 86.6 Å². The summed E-state index contributed by atoms with van der Waals surface area (Å²) in [6.45, 7) is 0. The lowest BCUT2D eigenvalue weighted by atomic mass is 10.2. The normalized spacial score (nSPS) is 10.8. The highest BCUT2D eigenvalue weighted by molar-refractivity contribution is 14.1. The van der Waals surface area contributed by atoms with Gasteiger partial charge in [-0.3, -0.25) is 0 Å². The topological polar surface area (TPSA) is 40.5 Å². The number of hydrogen-bond donors (Lipinski definition) is 2. The second-order valence-corrected chi connectivity index (χ2v) is 4.44. The molecular weight excluding hydrogens is 287 g/mol. The SMILES string of the molecule is Oc1csc2c(O)c(I)ccc12. The number of phenols is 1. The monoisotopic (exact) mass is 292 g/mol. The molecule has 0 unspecified atom stereocenters. The summed E-state index contributed by atoms with van der Waals surface area (Å²) in [5, 5.41) is 21.2. The van der Waals surface area contributed by atoms with E-state index in [4.69, 9.17) is 0 Å². The summed E-state index contributed by atoms with van der Waals surface area (Å²) in [5.41, 5.74) is 0. The van der Waals surface area contributed by atoms with E-state index in [1.165, 1.54) is 11.3 Å². The third kappa shape index (κ3) is 1.06. The fourth-order valence-electron chi connectivity index (χ4n) is 1.05. The molecule has 4 heteroatoms. The van der Waals surface area contributed by atoms with Crippen LogP contribution in [0.25, 0.3) is 10.1 Å². The van der Waals surface area contributed by atoms with Gasteiger partial charge in [-0.05, 0) is 34.7 Å². The average molecular weight is 292 g/mol. The summed E-state index contributed by atoms with van der Waals surface area (Å²) in [5.74, 6) is 0.500. The van der Waals surface area contributed by atoms with Crippen molar-refractivity contribution >= 4 is 44.0 Å². The number of hydrogen-bond acceptors (Lipinski definition) is 3. The summed E-state index contributed by atoms with van der Waals surface area (Å²) in [7, 11) is 0. The van der Waals surface area contributed by atoms with Crippen molar-refractivity contribution < 1.29 is 10.2 Å². The number of halogens is 1. The van der Waals surface area contributed by atoms with Gasteiger partial charge in [0.05, 0.1) is 8.27 Å². The highest BCUT2D eigenvalue weighted by atomic mass is 127. The van der Waals surface area contributed by atoms with E-state index >= 15 is 0 Å². The zero-order valence-electron chi connectivity index (χ0n) is 5.91. The summed E-state index contributed by atoms with van der Waals surface area (Å²) in [4.78, 5) is 0. The van der Waals surface area contributed by atoms with Crippen molar-refractivity contribution in [2.75, 3.05) is 0 Å². The van der Waals surface area contributed by atoms with E-state index in [0.717, 1.165) is 13.7 Å². The Kier molecular flexibility index (Phi) is 1.88. The molecular formula is C8H5IO2S. The van der Waals surface area contributed by atoms with E-state index in [1.807, 2.05) is 6.07 Å². The van der Waals surface area contributed by atoms with E-state index in [9.17, 15) is 10.2 Å². The van der Waals surface area contributed by atoms with Crippen LogP contribution >= 0.6 is 33.9 Å². The van der Waals surface area contributed by atoms with Crippen LogP contribution in [0.4, 0.5) is 0 Å². The first-order valence-corrected chi connectivity index (χ1v) is 5.23. The Bertz CT molecular complexity index is 436. The summed E-state index contributed by atoms with van der Waals surface area (Å²) >= 11 is 3.41. The number of phenolic OH excluding ortho intramolecular Hbond substituents is 1. The molecule has 0 radical (unpaired) electrons. The maximum atomic E-state index is 9.56. The van der Waals surface area contributed by atoms with Crippen LogP contribution in [0.1, 0.15) is 0 Å². The molecule has 1 aromatic heterocycles. The van der Waals surface area contributed by atoms with Gasteiger partial charge in [-0.1, -0.05) is 0 Å². The number of thiophene rings is 1. The molecule has 1 heterocycles. The van der Waals surface area contributed by atoms with E-state index in [2.05, 4.69) is 22.6 Å². The quantitative estimate of drug-likeness (QED) is 0.733. The van der Waals surface area contributed by atoms with Gasteiger partial charge in [-0.25, -0.2) is 0 Å². The second-order valence-electron chi connectivity index (χ2n) is 2.39. The molecule has 0 bridgehead atoms. The van der Waals surface area contributed by atoms with Gasteiger partial charge in [0.15, 0.2) is 0 Å². The Morgan fingerprint density at radius 2 is 2.00 bits per heavy atom. The van der Waals surface area contributed by atoms with Crippen molar-refractivity contribution in [3.63, 3.8) is 0 Å². The smallest absolute Gasteiger partial charge is 0.146 e. The Morgan fingerprint density at radius 1 is 1.25 bits per heavy atom. The van der Waals surface area contributed by atoms with E-state index in [-0.39, 0.29) is 11.5 Å². The van der Waals surface area contributed by atoms with Gasteiger partial charge in [-0.2, -0.15) is 0 Å². The maximum absolute atomic E-state index is 9.56. The molecule has 2 rings (SSSR count). The molecule has 0 aliphatic carbocycles. The second kappa shape index (κ2) is 2.77. The maximum Gasteiger partial charge on any atom is 0.146 e. The standard InChI is InChI=1S/C8H5IO2S/c9-5-2-1-4-6(10)3-12-8(4)7(5)11/h1-3,10-11H. The first kappa shape index (κ1) is 8.12. The highest BCUT2D eigenvalue weighted by Crippen LogP contribution is 2.39.